The van der Waals surface area contributed by atoms with E-state index < -0.39 is 0 Å². The standard InChI is InChI=1S/C19H26BrNO.C18H24BrNO.C18H22BrNO.2C18H26BrNO.C17H22BrNO/c1-21(12-16-8-17(20)3-4-18(16)22-2)19-9-13-5-14(10-19)7-15(6-13)11-19;2*1-21-17-3-2-16(19)7-15(17)11-20-18-8-12-4-13(9-18)6-14(5-12)10-18;1-11-15-8-13(18(15,2)3)9-16(11)20-10-12-7-14(19)5-6-17(12)21-4;1-17(2)13-7-8-18(17,3)16(10-13)20-11-12-9-14(19)5-6-15(12)21-4;18-15-1-2-16(20)14(6-15)10-19-17-7-11-3-12(8-17)5-13(4-11)9-17/h3-4,8,13-15H,5-7,9-12H2,1-2H3;2-3,7,12-14,20H,4-6,8-11H2,1H3;2-3,7,11-14H,4-6,8-10H2,1H3;5-7,11,13,15-16,20H,8-10H2,1-4H3;5-6,9,13,16,20H,7-8,10-11H2,1-4H3;1-2,6,11-13,19-20H,3-5,7-10H2/t;;;11-,13+,15-,16-;13-,16-,18+;/m...11./s1. The average molecular weight is 2100 g/mol. The molecule has 12 nitrogen and oxygen atoms in total. The minimum Gasteiger partial charge on any atom is -0.508 e. The Balaban J connectivity index is 0.000000107. The van der Waals surface area contributed by atoms with Crippen LogP contribution >= 0.6 is 95.6 Å². The van der Waals surface area contributed by atoms with Gasteiger partial charge in [0.1, 0.15) is 34.5 Å². The molecule has 21 aliphatic carbocycles. The number of halogens is 6. The monoisotopic (exact) mass is 2100 g/mol. The molecule has 21 aliphatic rings. The molecule has 0 saturated heterocycles. The Morgan fingerprint density at radius 2 is 0.762 bits per heavy atom. The summed E-state index contributed by atoms with van der Waals surface area (Å²) in [6.45, 7) is 19.2. The van der Waals surface area contributed by atoms with Crippen LogP contribution in [0.1, 0.15) is 261 Å². The average Bonchev–Trinajstić information content (AvgIpc) is 1.53. The maximum atomic E-state index is 9.99. The highest BCUT2D eigenvalue weighted by Crippen LogP contribution is 2.67. The van der Waals surface area contributed by atoms with E-state index in [0.717, 1.165) is 194 Å². The first-order chi connectivity index (χ1) is 60.3. The van der Waals surface area contributed by atoms with Gasteiger partial charge in [-0.3, -0.25) is 9.89 Å². The predicted octanol–water partition coefficient (Wildman–Crippen LogP) is 27.8. The minimum atomic E-state index is 0.238. The predicted molar refractivity (Wildman–Crippen MR) is 535 cm³/mol. The van der Waals surface area contributed by atoms with Gasteiger partial charge >= 0.3 is 0 Å². The molecule has 0 amide bonds. The molecule has 0 aromatic heterocycles. The third-order valence-electron chi connectivity index (χ3n) is 36.5. The molecule has 0 aliphatic heterocycles. The van der Waals surface area contributed by atoms with E-state index in [-0.39, 0.29) is 5.54 Å². The number of hydrogen-bond acceptors (Lipinski definition) is 12. The van der Waals surface area contributed by atoms with Gasteiger partial charge in [0.05, 0.1) is 41.1 Å². The largest absolute Gasteiger partial charge is 0.508 e. The highest BCUT2D eigenvalue weighted by atomic mass is 79.9. The fourth-order valence-electron chi connectivity index (χ4n) is 31.0. The lowest BCUT2D eigenvalue weighted by molar-refractivity contribution is -0.115. The van der Waals surface area contributed by atoms with Gasteiger partial charge in [0.15, 0.2) is 0 Å². The van der Waals surface area contributed by atoms with E-state index in [1.54, 1.807) is 41.6 Å². The summed E-state index contributed by atoms with van der Waals surface area (Å²) in [5, 5.41) is 25.4. The number of phenols is 1. The molecular formula is C108H146Br6N6O6. The van der Waals surface area contributed by atoms with Gasteiger partial charge in [0.25, 0.3) is 0 Å². The second-order valence-electron chi connectivity index (χ2n) is 45.0. The smallest absolute Gasteiger partial charge is 0.127 e. The first-order valence-corrected chi connectivity index (χ1v) is 53.4. The maximum Gasteiger partial charge on any atom is 0.127 e. The van der Waals surface area contributed by atoms with Gasteiger partial charge in [-0.05, 0) is 413 Å². The Kier molecular flexibility index (Phi) is 29.2. The second-order valence-corrected chi connectivity index (χ2v) is 50.5. The normalized spacial score (nSPS) is 35.9. The van der Waals surface area contributed by atoms with Crippen molar-refractivity contribution >= 4 is 102 Å². The fourth-order valence-corrected chi connectivity index (χ4v) is 33.5. The topological polar surface area (TPSA) is 130 Å². The van der Waals surface area contributed by atoms with Crippen molar-refractivity contribution in [3.8, 4) is 34.5 Å². The zero-order valence-corrected chi connectivity index (χ0v) is 87.1. The molecule has 21 saturated carbocycles. The molecule has 21 fully saturated rings. The molecule has 0 unspecified atom stereocenters. The van der Waals surface area contributed by atoms with Crippen molar-refractivity contribution in [3.05, 3.63) is 169 Å². The first-order valence-electron chi connectivity index (χ1n) is 48.7. The zero-order chi connectivity index (χ0) is 88.4. The summed E-state index contributed by atoms with van der Waals surface area (Å²) in [6, 6.07) is 38.2. The molecule has 5 N–H and O–H groups in total. The third kappa shape index (κ3) is 20.5. The molecule has 0 heterocycles. The van der Waals surface area contributed by atoms with E-state index >= 15 is 0 Å². The van der Waals surface area contributed by atoms with Crippen molar-refractivity contribution in [1.29, 1.82) is 0 Å². The number of hydrogen-bond donors (Lipinski definition) is 5. The van der Waals surface area contributed by atoms with Gasteiger partial charge in [-0.1, -0.05) is 137 Å². The molecule has 20 bridgehead atoms. The molecule has 126 heavy (non-hydrogen) atoms. The van der Waals surface area contributed by atoms with E-state index in [1.807, 2.05) is 54.6 Å². The summed E-state index contributed by atoms with van der Waals surface area (Å²) in [7, 11) is 11.1. The molecule has 686 valence electrons. The van der Waals surface area contributed by atoms with Gasteiger partial charge in [-0.2, -0.15) is 0 Å². The number of phenolic OH excluding ortho intramolecular Hbond substituents is 1. The van der Waals surface area contributed by atoms with Gasteiger partial charge in [0.2, 0.25) is 0 Å². The summed E-state index contributed by atoms with van der Waals surface area (Å²) in [6.07, 6.45) is 43.2. The van der Waals surface area contributed by atoms with E-state index in [0.29, 0.717) is 50.7 Å². The molecule has 0 spiro atoms. The Morgan fingerprint density at radius 1 is 0.405 bits per heavy atom. The van der Waals surface area contributed by atoms with Crippen molar-refractivity contribution in [2.24, 2.45) is 116 Å². The molecule has 6 aromatic rings. The third-order valence-corrected chi connectivity index (χ3v) is 39.5. The molecule has 7 atom stereocenters. The second kappa shape index (κ2) is 39.1. The van der Waals surface area contributed by atoms with Crippen LogP contribution in [0.15, 0.2) is 141 Å². The molecule has 0 radical (unpaired) electrons. The molecule has 27 rings (SSSR count). The van der Waals surface area contributed by atoms with E-state index in [1.165, 1.54) is 208 Å². The van der Waals surface area contributed by atoms with Crippen molar-refractivity contribution in [2.75, 3.05) is 42.6 Å². The number of nitrogens with one attached hydrogen (secondary N) is 4. The summed E-state index contributed by atoms with van der Waals surface area (Å²) in [5.41, 5.74) is 10.1. The first kappa shape index (κ1) is 94.2. The number of fused-ring (bicyclic) bond motifs is 4. The molecular weight excluding hydrogens is 1960 g/mol. The number of aromatic hydroxyl groups is 1. The number of ether oxygens (including phenoxy) is 5. The quantitative estimate of drug-likeness (QED) is 0.0417. The van der Waals surface area contributed by atoms with Crippen LogP contribution in [-0.2, 0) is 32.7 Å². The SMILES string of the molecule is COc1ccc(Br)cc1C=NC12CC3CC(CC(C3)C1)C2.COc1ccc(Br)cc1CN(C)C12CC3CC(CC(C3)C1)C2.COc1ccc(Br)cc1CNC12CC3CC(CC(C3)C1)C2.COc1ccc(Br)cc1CN[C@@H]1C[C@@H]2C[C@H]([C@H]1C)C2(C)C.COc1ccc(Br)cc1CN[C@@H]1C[C@H]2CC[C@]1(C)C2(C)C.Oc1ccc(Br)cc1CNC12CC3CC(CC(C3)C1)C2. The van der Waals surface area contributed by atoms with Crippen LogP contribution in [0.5, 0.6) is 34.5 Å². The summed E-state index contributed by atoms with van der Waals surface area (Å²) >= 11 is 21.3. The number of nitrogens with zero attached hydrogens (tertiary/aromatic N) is 2. The van der Waals surface area contributed by atoms with Crippen LogP contribution in [0.2, 0.25) is 0 Å². The lowest BCUT2D eigenvalue weighted by Crippen LogP contribution is -2.59. The zero-order valence-electron chi connectivity index (χ0n) is 77.6. The highest BCUT2D eigenvalue weighted by Gasteiger charge is 2.62. The Bertz CT molecular complexity index is 4680. The van der Waals surface area contributed by atoms with Crippen LogP contribution < -0.4 is 45.0 Å². The number of methoxy groups -OCH3 is 5. The Morgan fingerprint density at radius 3 is 1.16 bits per heavy atom. The molecule has 6 aromatic carbocycles. The van der Waals surface area contributed by atoms with Crippen LogP contribution in [0.3, 0.4) is 0 Å². The number of benzene rings is 6. The fraction of sp³-hybridized carbons (Fsp3) is 0.657. The van der Waals surface area contributed by atoms with E-state index in [9.17, 15) is 5.11 Å². The van der Waals surface area contributed by atoms with E-state index in [4.69, 9.17) is 28.7 Å². The summed E-state index contributed by atoms with van der Waals surface area (Å²) in [5.74, 6) is 20.4. The Hall–Kier alpha value is -3.53. The van der Waals surface area contributed by atoms with Gasteiger partial charge in [0, 0.05) is 128 Å². The van der Waals surface area contributed by atoms with Gasteiger partial charge < -0.3 is 50.1 Å². The lowest BCUT2D eigenvalue weighted by Gasteiger charge is -2.62. The highest BCUT2D eigenvalue weighted by molar-refractivity contribution is 9.11. The number of aliphatic imine (C=N–C) groups is 1. The number of rotatable bonds is 22. The van der Waals surface area contributed by atoms with Crippen molar-refractivity contribution < 1.29 is 28.8 Å². The van der Waals surface area contributed by atoms with Gasteiger partial charge in [-0.15, -0.1) is 0 Å². The lowest BCUT2D eigenvalue weighted by atomic mass is 9.45. The van der Waals surface area contributed by atoms with Crippen LogP contribution in [0.4, 0.5) is 0 Å². The van der Waals surface area contributed by atoms with Crippen molar-refractivity contribution in [1.82, 2.24) is 26.2 Å². The Labute approximate surface area is 806 Å². The van der Waals surface area contributed by atoms with Crippen LogP contribution in [0.25, 0.3) is 0 Å². The maximum absolute atomic E-state index is 9.99. The van der Waals surface area contributed by atoms with Crippen molar-refractivity contribution in [3.63, 3.8) is 0 Å². The summed E-state index contributed by atoms with van der Waals surface area (Å²) in [4.78, 5) is 7.76. The van der Waals surface area contributed by atoms with Gasteiger partial charge in [-0.25, -0.2) is 0 Å². The van der Waals surface area contributed by atoms with Crippen molar-refractivity contribution in [2.45, 2.75) is 295 Å². The summed E-state index contributed by atoms with van der Waals surface area (Å²) < 4.78 is 34.1. The van der Waals surface area contributed by atoms with Crippen LogP contribution in [-0.4, -0.2) is 93.1 Å². The minimum absolute atomic E-state index is 0.238. The van der Waals surface area contributed by atoms with Crippen LogP contribution in [0, 0.1) is 111 Å². The van der Waals surface area contributed by atoms with E-state index in [2.05, 4.69) is 225 Å². The molecule has 18 heteroatoms.